The number of aromatic carboxylic acids is 1. The molecule has 2 rings (SSSR count). The molecule has 0 aliphatic carbocycles. The maximum atomic E-state index is 11.9. The van der Waals surface area contributed by atoms with E-state index in [1.807, 2.05) is 0 Å². The van der Waals surface area contributed by atoms with Gasteiger partial charge in [0.25, 0.3) is 11.8 Å². The second kappa shape index (κ2) is 4.24. The minimum atomic E-state index is -1.28. The molecule has 2 amide bonds. The van der Waals surface area contributed by atoms with E-state index in [4.69, 9.17) is 5.11 Å². The van der Waals surface area contributed by atoms with Crippen LogP contribution in [0.15, 0.2) is 29.3 Å². The second-order valence-electron chi connectivity index (χ2n) is 4.20. The fourth-order valence-corrected chi connectivity index (χ4v) is 1.82. The monoisotopic (exact) mass is 261 g/mol. The Morgan fingerprint density at radius 1 is 1.11 bits per heavy atom. The highest BCUT2D eigenvalue weighted by molar-refractivity contribution is 6.32. The van der Waals surface area contributed by atoms with E-state index in [2.05, 4.69) is 0 Å². The number of nitrogens with zero attached hydrogens (tertiary/aromatic N) is 1. The molecular formula is C13H11NO5. The summed E-state index contributed by atoms with van der Waals surface area (Å²) < 4.78 is 0. The Balaban J connectivity index is 2.46. The summed E-state index contributed by atoms with van der Waals surface area (Å²) >= 11 is 0. The molecule has 0 saturated carbocycles. The van der Waals surface area contributed by atoms with Crippen molar-refractivity contribution in [1.29, 1.82) is 0 Å². The largest absolute Gasteiger partial charge is 0.507 e. The van der Waals surface area contributed by atoms with E-state index < -0.39 is 23.5 Å². The Morgan fingerprint density at radius 3 is 2.05 bits per heavy atom. The first kappa shape index (κ1) is 12.8. The number of aromatic hydroxyl groups is 1. The van der Waals surface area contributed by atoms with Gasteiger partial charge in [0.1, 0.15) is 11.3 Å². The highest BCUT2D eigenvalue weighted by Gasteiger charge is 2.34. The van der Waals surface area contributed by atoms with Gasteiger partial charge in [0.2, 0.25) is 0 Å². The molecule has 0 atom stereocenters. The minimum Gasteiger partial charge on any atom is -0.507 e. The third-order valence-corrected chi connectivity index (χ3v) is 3.08. The van der Waals surface area contributed by atoms with Crippen molar-refractivity contribution >= 4 is 23.5 Å². The van der Waals surface area contributed by atoms with Crippen molar-refractivity contribution in [3.8, 4) is 5.75 Å². The number of anilines is 1. The van der Waals surface area contributed by atoms with Crippen molar-refractivity contribution in [3.63, 3.8) is 0 Å². The zero-order chi connectivity index (χ0) is 14.3. The van der Waals surface area contributed by atoms with E-state index in [9.17, 15) is 19.5 Å². The number of carboxylic acid groups (broad SMARTS) is 1. The minimum absolute atomic E-state index is 0.147. The third-order valence-electron chi connectivity index (χ3n) is 3.08. The number of carbonyl (C=O) groups excluding carboxylic acids is 2. The first-order valence-corrected chi connectivity index (χ1v) is 5.47. The highest BCUT2D eigenvalue weighted by atomic mass is 16.4. The van der Waals surface area contributed by atoms with E-state index in [1.165, 1.54) is 6.07 Å². The Bertz CT molecular complexity index is 620. The summed E-state index contributed by atoms with van der Waals surface area (Å²) in [5.41, 5.74) is 0.538. The fourth-order valence-electron chi connectivity index (χ4n) is 1.82. The maximum absolute atomic E-state index is 11.9. The number of rotatable bonds is 2. The van der Waals surface area contributed by atoms with Crippen LogP contribution < -0.4 is 4.90 Å². The summed E-state index contributed by atoms with van der Waals surface area (Å²) in [6.07, 6.45) is 0. The standard InChI is InChI=1S/C13H11NO5/c1-6-7(2)12(17)14(11(6)16)8-3-4-9(13(18)19)10(15)5-8/h3-5,15H,1-2H3,(H,18,19). The number of imide groups is 1. The Hall–Kier alpha value is -2.63. The molecule has 2 N–H and O–H groups in total. The fraction of sp³-hybridized carbons (Fsp3) is 0.154. The predicted molar refractivity (Wildman–Crippen MR) is 65.9 cm³/mol. The molecule has 0 radical (unpaired) electrons. The summed E-state index contributed by atoms with van der Waals surface area (Å²) in [7, 11) is 0. The SMILES string of the molecule is CC1=C(C)C(=O)N(c2ccc(C(=O)O)c(O)c2)C1=O. The summed E-state index contributed by atoms with van der Waals surface area (Å²) in [6.45, 7) is 3.09. The average Bonchev–Trinajstić information content (AvgIpc) is 2.53. The Kier molecular flexibility index (Phi) is 2.86. The summed E-state index contributed by atoms with van der Waals surface area (Å²) in [6, 6.07) is 3.55. The van der Waals surface area contributed by atoms with Crippen LogP contribution in [0.25, 0.3) is 0 Å². The number of benzene rings is 1. The van der Waals surface area contributed by atoms with Crippen LogP contribution in [0.3, 0.4) is 0 Å². The van der Waals surface area contributed by atoms with Crippen molar-refractivity contribution in [2.75, 3.05) is 4.90 Å². The van der Waals surface area contributed by atoms with Crippen molar-refractivity contribution in [2.24, 2.45) is 0 Å². The van der Waals surface area contributed by atoms with Gasteiger partial charge < -0.3 is 10.2 Å². The molecule has 1 aromatic rings. The van der Waals surface area contributed by atoms with Crippen LogP contribution in [0.4, 0.5) is 5.69 Å². The number of hydrogen-bond donors (Lipinski definition) is 2. The molecule has 1 aromatic carbocycles. The molecule has 1 aliphatic heterocycles. The molecule has 0 saturated heterocycles. The van der Waals surface area contributed by atoms with Gasteiger partial charge in [0.05, 0.1) is 5.69 Å². The number of amides is 2. The molecule has 0 bridgehead atoms. The van der Waals surface area contributed by atoms with E-state index in [0.717, 1.165) is 17.0 Å². The molecule has 98 valence electrons. The summed E-state index contributed by atoms with van der Waals surface area (Å²) in [5, 5.41) is 18.4. The lowest BCUT2D eigenvalue weighted by Gasteiger charge is -2.15. The van der Waals surface area contributed by atoms with Crippen molar-refractivity contribution in [1.82, 2.24) is 0 Å². The van der Waals surface area contributed by atoms with E-state index in [1.54, 1.807) is 13.8 Å². The van der Waals surface area contributed by atoms with Gasteiger partial charge in [0, 0.05) is 17.2 Å². The maximum Gasteiger partial charge on any atom is 0.339 e. The van der Waals surface area contributed by atoms with Crippen LogP contribution in [0, 0.1) is 0 Å². The molecule has 0 aromatic heterocycles. The van der Waals surface area contributed by atoms with Gasteiger partial charge in [-0.25, -0.2) is 9.69 Å². The molecule has 0 fully saturated rings. The predicted octanol–water partition coefficient (Wildman–Crippen LogP) is 1.30. The number of hydrogen-bond acceptors (Lipinski definition) is 4. The molecule has 0 unspecified atom stereocenters. The molecule has 0 spiro atoms. The van der Waals surface area contributed by atoms with Gasteiger partial charge in [-0.3, -0.25) is 9.59 Å². The first-order chi connectivity index (χ1) is 8.84. The van der Waals surface area contributed by atoms with Gasteiger partial charge in [-0.2, -0.15) is 0 Å². The van der Waals surface area contributed by atoms with Gasteiger partial charge in [-0.1, -0.05) is 0 Å². The molecule has 19 heavy (non-hydrogen) atoms. The molecule has 6 nitrogen and oxygen atoms in total. The first-order valence-electron chi connectivity index (χ1n) is 5.47. The van der Waals surface area contributed by atoms with Crippen LogP contribution >= 0.6 is 0 Å². The zero-order valence-corrected chi connectivity index (χ0v) is 10.3. The molecular weight excluding hydrogens is 250 g/mol. The quantitative estimate of drug-likeness (QED) is 0.782. The smallest absolute Gasteiger partial charge is 0.339 e. The van der Waals surface area contributed by atoms with E-state index >= 15 is 0 Å². The van der Waals surface area contributed by atoms with Crippen LogP contribution in [0.5, 0.6) is 5.75 Å². The zero-order valence-electron chi connectivity index (χ0n) is 10.3. The molecule has 1 aliphatic rings. The van der Waals surface area contributed by atoms with Gasteiger partial charge in [0.15, 0.2) is 0 Å². The van der Waals surface area contributed by atoms with Crippen LogP contribution in [-0.2, 0) is 9.59 Å². The lowest BCUT2D eigenvalue weighted by atomic mass is 10.1. The lowest BCUT2D eigenvalue weighted by Crippen LogP contribution is -2.31. The molecule has 6 heteroatoms. The topological polar surface area (TPSA) is 94.9 Å². The average molecular weight is 261 g/mol. The van der Waals surface area contributed by atoms with Gasteiger partial charge >= 0.3 is 5.97 Å². The summed E-state index contributed by atoms with van der Waals surface area (Å²) in [4.78, 5) is 35.5. The van der Waals surface area contributed by atoms with Gasteiger partial charge in [-0.15, -0.1) is 0 Å². The van der Waals surface area contributed by atoms with Gasteiger partial charge in [-0.05, 0) is 26.0 Å². The van der Waals surface area contributed by atoms with Crippen molar-refractivity contribution in [2.45, 2.75) is 13.8 Å². The third kappa shape index (κ3) is 1.87. The van der Waals surface area contributed by atoms with E-state index in [0.29, 0.717) is 11.1 Å². The van der Waals surface area contributed by atoms with Crippen LogP contribution in [0.2, 0.25) is 0 Å². The highest BCUT2D eigenvalue weighted by Crippen LogP contribution is 2.30. The number of carbonyl (C=O) groups is 3. The number of carboxylic acids is 1. The molecule has 1 heterocycles. The van der Waals surface area contributed by atoms with Crippen LogP contribution in [-0.4, -0.2) is 28.0 Å². The van der Waals surface area contributed by atoms with E-state index in [-0.39, 0.29) is 11.3 Å². The summed E-state index contributed by atoms with van der Waals surface area (Å²) in [5.74, 6) is -2.71. The van der Waals surface area contributed by atoms with Crippen LogP contribution in [0.1, 0.15) is 24.2 Å². The number of phenols is 1. The van der Waals surface area contributed by atoms with Crippen molar-refractivity contribution in [3.05, 3.63) is 34.9 Å². The van der Waals surface area contributed by atoms with Crippen molar-refractivity contribution < 1.29 is 24.6 Å². The Morgan fingerprint density at radius 2 is 1.63 bits per heavy atom. The lowest BCUT2D eigenvalue weighted by molar-refractivity contribution is -0.120. The normalized spacial score (nSPS) is 15.4. The Labute approximate surface area is 108 Å². The second-order valence-corrected chi connectivity index (χ2v) is 4.20.